The maximum Gasteiger partial charge on any atom is 0.103 e. The molecule has 0 aromatic rings. The Hall–Kier alpha value is -0.630. The Kier molecular flexibility index (Phi) is 2.01. The molecular weight excluding hydrogens is 138 g/mol. The first kappa shape index (κ1) is 6.49. The summed E-state index contributed by atoms with van der Waals surface area (Å²) in [5.74, 6) is 0. The van der Waals surface area contributed by atoms with Crippen LogP contribution in [0.25, 0.3) is 0 Å². The lowest BCUT2D eigenvalue weighted by Gasteiger charge is -2.03. The van der Waals surface area contributed by atoms with Crippen LogP contribution in [0.2, 0.25) is 0 Å². The average Bonchev–Trinajstić information content (AvgIpc) is 1.90. The van der Waals surface area contributed by atoms with Gasteiger partial charge in [0.15, 0.2) is 0 Å². The largest absolute Gasteiger partial charge is 0.145 e. The molecule has 1 aliphatic rings. The first-order valence-corrected chi connectivity index (χ1v) is 3.12. The number of alkyl halides is 1. The van der Waals surface area contributed by atoms with Gasteiger partial charge in [-0.2, -0.15) is 0 Å². The molecule has 1 rings (SSSR count). The van der Waals surface area contributed by atoms with Crippen molar-refractivity contribution in [1.82, 2.24) is 0 Å². The molecular formula is C6H6ClNO. The number of nitroso groups, excluding NO2 is 1. The second-order valence-electron chi connectivity index (χ2n) is 1.83. The summed E-state index contributed by atoms with van der Waals surface area (Å²) in [5.41, 5.74) is 0.479. The van der Waals surface area contributed by atoms with Crippen molar-refractivity contribution in [2.75, 3.05) is 0 Å². The molecule has 1 aliphatic carbocycles. The molecule has 0 radical (unpaired) electrons. The first-order valence-electron chi connectivity index (χ1n) is 2.68. The molecule has 1 unspecified atom stereocenters. The predicted octanol–water partition coefficient (Wildman–Crippen LogP) is 2.20. The molecule has 0 bridgehead atoms. The zero-order valence-corrected chi connectivity index (χ0v) is 5.51. The van der Waals surface area contributed by atoms with Crippen LogP contribution in [0, 0.1) is 4.91 Å². The Bertz CT molecular complexity index is 174. The van der Waals surface area contributed by atoms with Crippen LogP contribution in [0.3, 0.4) is 0 Å². The van der Waals surface area contributed by atoms with Gasteiger partial charge in [0.1, 0.15) is 5.70 Å². The molecule has 0 spiro atoms. The molecule has 0 heterocycles. The van der Waals surface area contributed by atoms with E-state index in [2.05, 4.69) is 5.18 Å². The first-order chi connectivity index (χ1) is 4.33. The molecule has 0 aromatic carbocycles. The van der Waals surface area contributed by atoms with E-state index in [1.807, 2.05) is 0 Å². The fourth-order valence-corrected chi connectivity index (χ4v) is 0.812. The fraction of sp³-hybridized carbons (Fsp3) is 0.333. The minimum absolute atomic E-state index is 0.0375. The van der Waals surface area contributed by atoms with Gasteiger partial charge in [-0.25, -0.2) is 0 Å². The van der Waals surface area contributed by atoms with Gasteiger partial charge < -0.3 is 0 Å². The van der Waals surface area contributed by atoms with E-state index in [-0.39, 0.29) is 5.38 Å². The standard InChI is InChI=1S/C6H6ClNO/c7-5-1-3-6(8-9)4-2-5/h1,3-5H,2H2. The highest BCUT2D eigenvalue weighted by molar-refractivity contribution is 6.22. The number of rotatable bonds is 1. The van der Waals surface area contributed by atoms with Crippen LogP contribution < -0.4 is 0 Å². The molecule has 1 atom stereocenters. The highest BCUT2D eigenvalue weighted by atomic mass is 35.5. The number of halogens is 1. The van der Waals surface area contributed by atoms with Gasteiger partial charge in [-0.1, -0.05) is 12.2 Å². The molecule has 0 saturated heterocycles. The van der Waals surface area contributed by atoms with Crippen molar-refractivity contribution in [3.05, 3.63) is 28.8 Å². The Morgan fingerprint density at radius 1 is 1.78 bits per heavy atom. The van der Waals surface area contributed by atoms with E-state index >= 15 is 0 Å². The monoisotopic (exact) mass is 143 g/mol. The van der Waals surface area contributed by atoms with Crippen LogP contribution in [0.4, 0.5) is 0 Å². The summed E-state index contributed by atoms with van der Waals surface area (Å²) in [6, 6.07) is 0. The molecule has 0 N–H and O–H groups in total. The lowest BCUT2D eigenvalue weighted by molar-refractivity contribution is 1.02. The molecule has 0 amide bonds. The molecule has 0 aromatic heterocycles. The van der Waals surface area contributed by atoms with Crippen molar-refractivity contribution >= 4 is 11.6 Å². The predicted molar refractivity (Wildman–Crippen MR) is 37.3 cm³/mol. The third kappa shape index (κ3) is 1.64. The zero-order valence-electron chi connectivity index (χ0n) is 4.75. The fourth-order valence-electron chi connectivity index (χ4n) is 0.651. The third-order valence-electron chi connectivity index (χ3n) is 1.13. The summed E-state index contributed by atoms with van der Waals surface area (Å²) in [6.07, 6.45) is 5.83. The second-order valence-corrected chi connectivity index (χ2v) is 2.39. The van der Waals surface area contributed by atoms with Gasteiger partial charge in [-0.15, -0.1) is 16.5 Å². The summed E-state index contributed by atoms with van der Waals surface area (Å²) in [6.45, 7) is 0. The van der Waals surface area contributed by atoms with E-state index in [1.165, 1.54) is 0 Å². The Balaban J connectivity index is 2.62. The van der Waals surface area contributed by atoms with Crippen molar-refractivity contribution in [1.29, 1.82) is 0 Å². The molecule has 2 nitrogen and oxygen atoms in total. The van der Waals surface area contributed by atoms with Gasteiger partial charge >= 0.3 is 0 Å². The normalized spacial score (nSPS) is 25.4. The van der Waals surface area contributed by atoms with E-state index in [0.717, 1.165) is 0 Å². The summed E-state index contributed by atoms with van der Waals surface area (Å²) in [7, 11) is 0. The Morgan fingerprint density at radius 2 is 2.56 bits per heavy atom. The van der Waals surface area contributed by atoms with Crippen LogP contribution in [0.5, 0.6) is 0 Å². The SMILES string of the molecule is O=NC1=CCC(Cl)C=C1. The molecule has 0 fully saturated rings. The van der Waals surface area contributed by atoms with Crippen molar-refractivity contribution in [2.24, 2.45) is 5.18 Å². The van der Waals surface area contributed by atoms with Crippen LogP contribution in [0.1, 0.15) is 6.42 Å². The average molecular weight is 144 g/mol. The number of nitrogens with zero attached hydrogens (tertiary/aromatic N) is 1. The molecule has 3 heteroatoms. The Labute approximate surface area is 58.2 Å². The minimum atomic E-state index is 0.0375. The maximum atomic E-state index is 9.85. The van der Waals surface area contributed by atoms with Gasteiger partial charge in [-0.05, 0) is 17.7 Å². The van der Waals surface area contributed by atoms with Crippen molar-refractivity contribution in [3.63, 3.8) is 0 Å². The Morgan fingerprint density at radius 3 is 3.00 bits per heavy atom. The number of hydrogen-bond donors (Lipinski definition) is 0. The topological polar surface area (TPSA) is 29.4 Å². The molecule has 0 saturated carbocycles. The van der Waals surface area contributed by atoms with E-state index < -0.39 is 0 Å². The van der Waals surface area contributed by atoms with E-state index in [4.69, 9.17) is 11.6 Å². The molecule has 0 aliphatic heterocycles. The molecule has 48 valence electrons. The smallest absolute Gasteiger partial charge is 0.103 e. The summed E-state index contributed by atoms with van der Waals surface area (Å²) in [4.78, 5) is 9.85. The summed E-state index contributed by atoms with van der Waals surface area (Å²) in [5, 5.41) is 2.79. The van der Waals surface area contributed by atoms with Crippen LogP contribution >= 0.6 is 11.6 Å². The summed E-state index contributed by atoms with van der Waals surface area (Å²) >= 11 is 5.66. The van der Waals surface area contributed by atoms with Gasteiger partial charge in [0.05, 0.1) is 5.38 Å². The van der Waals surface area contributed by atoms with Gasteiger partial charge in [0, 0.05) is 0 Å². The highest BCUT2D eigenvalue weighted by Gasteiger charge is 2.03. The van der Waals surface area contributed by atoms with Crippen molar-refractivity contribution < 1.29 is 0 Å². The zero-order chi connectivity index (χ0) is 6.69. The van der Waals surface area contributed by atoms with E-state index in [1.54, 1.807) is 18.2 Å². The minimum Gasteiger partial charge on any atom is -0.145 e. The highest BCUT2D eigenvalue weighted by Crippen LogP contribution is 2.14. The van der Waals surface area contributed by atoms with Crippen LogP contribution in [-0.4, -0.2) is 5.38 Å². The maximum absolute atomic E-state index is 9.85. The van der Waals surface area contributed by atoms with Crippen LogP contribution in [0.15, 0.2) is 29.1 Å². The van der Waals surface area contributed by atoms with Gasteiger partial charge in [-0.3, -0.25) is 0 Å². The van der Waals surface area contributed by atoms with Crippen LogP contribution in [-0.2, 0) is 0 Å². The third-order valence-corrected chi connectivity index (χ3v) is 1.46. The van der Waals surface area contributed by atoms with Crippen molar-refractivity contribution in [3.8, 4) is 0 Å². The van der Waals surface area contributed by atoms with Gasteiger partial charge in [0.25, 0.3) is 0 Å². The number of allylic oxidation sites excluding steroid dienone is 3. The van der Waals surface area contributed by atoms with Crippen molar-refractivity contribution in [2.45, 2.75) is 11.8 Å². The van der Waals surface area contributed by atoms with E-state index in [0.29, 0.717) is 12.1 Å². The second kappa shape index (κ2) is 2.78. The molecule has 9 heavy (non-hydrogen) atoms. The number of hydrogen-bond acceptors (Lipinski definition) is 2. The van der Waals surface area contributed by atoms with E-state index in [9.17, 15) is 4.91 Å². The van der Waals surface area contributed by atoms with Gasteiger partial charge in [0.2, 0.25) is 0 Å². The lowest BCUT2D eigenvalue weighted by Crippen LogP contribution is -1.95. The quantitative estimate of drug-likeness (QED) is 0.409. The summed E-state index contributed by atoms with van der Waals surface area (Å²) < 4.78 is 0. The lowest BCUT2D eigenvalue weighted by atomic mass is 10.1.